The van der Waals surface area contributed by atoms with Crippen molar-refractivity contribution in [2.24, 2.45) is 11.8 Å². The van der Waals surface area contributed by atoms with Crippen molar-refractivity contribution in [3.05, 3.63) is 42.7 Å². The number of sulfonamides is 1. The number of fused-ring (bicyclic) bond motifs is 2. The Bertz CT molecular complexity index is 900. The van der Waals surface area contributed by atoms with Crippen LogP contribution in [0.3, 0.4) is 0 Å². The van der Waals surface area contributed by atoms with Crippen molar-refractivity contribution in [3.8, 4) is 16.9 Å². The number of aromatic nitrogens is 1. The second kappa shape index (κ2) is 6.89. The molecule has 3 atom stereocenters. The van der Waals surface area contributed by atoms with E-state index in [0.717, 1.165) is 42.6 Å². The van der Waals surface area contributed by atoms with Crippen molar-refractivity contribution in [2.75, 3.05) is 24.1 Å². The van der Waals surface area contributed by atoms with Crippen LogP contribution in [0.1, 0.15) is 12.8 Å². The maximum absolute atomic E-state index is 11.5. The highest BCUT2D eigenvalue weighted by molar-refractivity contribution is 7.92. The van der Waals surface area contributed by atoms with E-state index < -0.39 is 10.0 Å². The third kappa shape index (κ3) is 3.83. The van der Waals surface area contributed by atoms with Gasteiger partial charge in [0.15, 0.2) is 0 Å². The van der Waals surface area contributed by atoms with Gasteiger partial charge in [-0.05, 0) is 37.4 Å². The lowest BCUT2D eigenvalue weighted by atomic mass is 10.0. The van der Waals surface area contributed by atoms with Crippen LogP contribution in [0.2, 0.25) is 0 Å². The van der Waals surface area contributed by atoms with Crippen molar-refractivity contribution >= 4 is 15.7 Å². The molecule has 2 fully saturated rings. The first-order valence-electron chi connectivity index (χ1n) is 8.87. The van der Waals surface area contributed by atoms with Gasteiger partial charge in [0, 0.05) is 29.8 Å². The van der Waals surface area contributed by atoms with Crippen LogP contribution in [0.4, 0.5) is 5.69 Å². The molecule has 7 heteroatoms. The molecule has 2 N–H and O–H groups in total. The third-order valence-electron chi connectivity index (χ3n) is 5.08. The molecule has 1 saturated carbocycles. The predicted molar refractivity (Wildman–Crippen MR) is 102 cm³/mol. The van der Waals surface area contributed by atoms with Crippen LogP contribution >= 0.6 is 0 Å². The number of rotatable bonds is 5. The fraction of sp³-hybridized carbons (Fsp3) is 0.421. The number of nitrogens with zero attached hydrogens (tertiary/aromatic N) is 1. The summed E-state index contributed by atoms with van der Waals surface area (Å²) >= 11 is 0. The smallest absolute Gasteiger partial charge is 0.229 e. The predicted octanol–water partition coefficient (Wildman–Crippen LogP) is 2.50. The molecule has 2 aliphatic rings. The summed E-state index contributed by atoms with van der Waals surface area (Å²) in [6, 6.07) is 9.65. The molecule has 1 saturated heterocycles. The lowest BCUT2D eigenvalue weighted by Gasteiger charge is -2.23. The minimum Gasteiger partial charge on any atom is -0.489 e. The highest BCUT2D eigenvalue weighted by atomic mass is 32.2. The molecule has 2 aromatic rings. The Morgan fingerprint density at radius 2 is 2.04 bits per heavy atom. The molecule has 0 spiro atoms. The highest BCUT2D eigenvalue weighted by Gasteiger charge is 2.38. The maximum atomic E-state index is 11.5. The summed E-state index contributed by atoms with van der Waals surface area (Å²) in [6.45, 7) is 2.10. The van der Waals surface area contributed by atoms with Gasteiger partial charge in [0.05, 0.1) is 18.1 Å². The summed E-state index contributed by atoms with van der Waals surface area (Å²) in [5, 5.41) is 3.48. The lowest BCUT2D eigenvalue weighted by Crippen LogP contribution is -2.34. The molecule has 138 valence electrons. The molecule has 0 unspecified atom stereocenters. The highest BCUT2D eigenvalue weighted by Crippen LogP contribution is 2.39. The Morgan fingerprint density at radius 1 is 1.19 bits per heavy atom. The Balaban J connectivity index is 1.61. The van der Waals surface area contributed by atoms with Crippen molar-refractivity contribution in [1.29, 1.82) is 0 Å². The van der Waals surface area contributed by atoms with Gasteiger partial charge in [0.2, 0.25) is 10.0 Å². The fourth-order valence-corrected chi connectivity index (χ4v) is 4.56. The summed E-state index contributed by atoms with van der Waals surface area (Å²) in [4.78, 5) is 4.18. The number of anilines is 1. The van der Waals surface area contributed by atoms with Gasteiger partial charge in [-0.25, -0.2) is 8.42 Å². The summed E-state index contributed by atoms with van der Waals surface area (Å²) in [5.74, 6) is 2.08. The molecule has 0 radical (unpaired) electrons. The number of pyridine rings is 1. The standard InChI is InChI=1S/C19H23N3O3S/c1-26(23,24)22-16-8-14(10-21-12-16)17-4-2-3-5-18(17)25-19-7-13-6-15(19)11-20-9-13/h2-5,8,10,12-13,15,19-20,22H,6-7,9,11H2,1H3/t13-,15-,19+/m0/s1. The normalized spacial score (nSPS) is 25.0. The van der Waals surface area contributed by atoms with E-state index in [1.54, 1.807) is 12.3 Å². The van der Waals surface area contributed by atoms with E-state index >= 15 is 0 Å². The van der Waals surface area contributed by atoms with Crippen LogP contribution in [-0.2, 0) is 10.0 Å². The van der Waals surface area contributed by atoms with Crippen molar-refractivity contribution < 1.29 is 13.2 Å². The second-order valence-electron chi connectivity index (χ2n) is 7.24. The van der Waals surface area contributed by atoms with E-state index in [4.69, 9.17) is 4.74 Å². The minimum atomic E-state index is -3.34. The zero-order valence-electron chi connectivity index (χ0n) is 14.7. The SMILES string of the molecule is CS(=O)(=O)Nc1cncc(-c2ccccc2O[C@@H]2C[C@H]3CNC[C@@H]2C3)c1. The van der Waals surface area contributed by atoms with Gasteiger partial charge in [-0.1, -0.05) is 18.2 Å². The number of ether oxygens (including phenoxy) is 1. The number of hydrogen-bond donors (Lipinski definition) is 2. The van der Waals surface area contributed by atoms with E-state index in [-0.39, 0.29) is 6.10 Å². The van der Waals surface area contributed by atoms with Crippen molar-refractivity contribution in [3.63, 3.8) is 0 Å². The molecule has 26 heavy (non-hydrogen) atoms. The summed E-state index contributed by atoms with van der Waals surface area (Å²) in [5.41, 5.74) is 2.20. The Labute approximate surface area is 154 Å². The molecule has 1 aliphatic heterocycles. The molecule has 1 aromatic carbocycles. The first kappa shape index (κ1) is 17.3. The molecular weight excluding hydrogens is 350 g/mol. The number of nitrogens with one attached hydrogen (secondary N) is 2. The number of piperidine rings is 1. The van der Waals surface area contributed by atoms with E-state index in [9.17, 15) is 8.42 Å². The largest absolute Gasteiger partial charge is 0.489 e. The van der Waals surface area contributed by atoms with Gasteiger partial charge in [-0.15, -0.1) is 0 Å². The van der Waals surface area contributed by atoms with E-state index in [1.807, 2.05) is 24.3 Å². The Hall–Kier alpha value is -2.12. The molecule has 2 heterocycles. The van der Waals surface area contributed by atoms with Crippen LogP contribution in [-0.4, -0.2) is 38.9 Å². The quantitative estimate of drug-likeness (QED) is 0.842. The van der Waals surface area contributed by atoms with Gasteiger partial charge < -0.3 is 10.1 Å². The van der Waals surface area contributed by atoms with Crippen LogP contribution in [0, 0.1) is 11.8 Å². The fourth-order valence-electron chi connectivity index (χ4n) is 4.02. The molecule has 1 aliphatic carbocycles. The average molecular weight is 373 g/mol. The molecule has 1 aromatic heterocycles. The van der Waals surface area contributed by atoms with Gasteiger partial charge in [-0.2, -0.15) is 0 Å². The number of para-hydroxylation sites is 1. The Morgan fingerprint density at radius 3 is 2.85 bits per heavy atom. The minimum absolute atomic E-state index is 0.224. The first-order valence-corrected chi connectivity index (χ1v) is 10.8. The molecule has 2 bridgehead atoms. The molecule has 0 amide bonds. The Kier molecular flexibility index (Phi) is 4.58. The van der Waals surface area contributed by atoms with Crippen LogP contribution in [0.5, 0.6) is 5.75 Å². The van der Waals surface area contributed by atoms with Crippen LogP contribution < -0.4 is 14.8 Å². The number of benzene rings is 1. The molecule has 4 rings (SSSR count). The van der Waals surface area contributed by atoms with Crippen LogP contribution in [0.25, 0.3) is 11.1 Å². The van der Waals surface area contributed by atoms with E-state index in [1.165, 1.54) is 12.6 Å². The van der Waals surface area contributed by atoms with Crippen molar-refractivity contribution in [2.45, 2.75) is 18.9 Å². The van der Waals surface area contributed by atoms with Crippen LogP contribution in [0.15, 0.2) is 42.7 Å². The second-order valence-corrected chi connectivity index (χ2v) is 8.99. The van der Waals surface area contributed by atoms with Gasteiger partial charge in [-0.3, -0.25) is 9.71 Å². The zero-order chi connectivity index (χ0) is 18.1. The average Bonchev–Trinajstić information content (AvgIpc) is 2.87. The summed E-state index contributed by atoms with van der Waals surface area (Å²) in [7, 11) is -3.34. The van der Waals surface area contributed by atoms with E-state index in [0.29, 0.717) is 17.5 Å². The molecule has 6 nitrogen and oxygen atoms in total. The zero-order valence-corrected chi connectivity index (χ0v) is 15.5. The summed E-state index contributed by atoms with van der Waals surface area (Å²) in [6.07, 6.45) is 6.89. The maximum Gasteiger partial charge on any atom is 0.229 e. The molecular formula is C19H23N3O3S. The monoisotopic (exact) mass is 373 g/mol. The van der Waals surface area contributed by atoms with Gasteiger partial charge in [0.1, 0.15) is 11.9 Å². The third-order valence-corrected chi connectivity index (χ3v) is 5.69. The van der Waals surface area contributed by atoms with Gasteiger partial charge in [0.25, 0.3) is 0 Å². The topological polar surface area (TPSA) is 80.3 Å². The van der Waals surface area contributed by atoms with Gasteiger partial charge >= 0.3 is 0 Å². The summed E-state index contributed by atoms with van der Waals surface area (Å²) < 4.78 is 31.8. The number of hydrogen-bond acceptors (Lipinski definition) is 5. The first-order chi connectivity index (χ1) is 12.5. The lowest BCUT2D eigenvalue weighted by molar-refractivity contribution is 0.161. The van der Waals surface area contributed by atoms with Crippen molar-refractivity contribution in [1.82, 2.24) is 10.3 Å². The van der Waals surface area contributed by atoms with E-state index in [2.05, 4.69) is 15.0 Å².